The molecule has 3 rings (SSSR count). The van der Waals surface area contributed by atoms with Crippen molar-refractivity contribution in [2.24, 2.45) is 5.10 Å². The smallest absolute Gasteiger partial charge is 0.260 e. The lowest BCUT2D eigenvalue weighted by Crippen LogP contribution is -2.39. The summed E-state index contributed by atoms with van der Waals surface area (Å²) in [4.78, 5) is 12.3. The Morgan fingerprint density at radius 3 is 2.56 bits per heavy atom. The van der Waals surface area contributed by atoms with Gasteiger partial charge in [-0.1, -0.05) is 28.1 Å². The first-order chi connectivity index (χ1) is 15.1. The molecule has 7 nitrogen and oxygen atoms in total. The zero-order valence-corrected chi connectivity index (χ0v) is 20.1. The van der Waals surface area contributed by atoms with E-state index < -0.39 is 28.3 Å². The van der Waals surface area contributed by atoms with Gasteiger partial charge >= 0.3 is 0 Å². The van der Waals surface area contributed by atoms with Crippen LogP contribution in [0, 0.1) is 19.7 Å². The summed E-state index contributed by atoms with van der Waals surface area (Å²) in [6.45, 7) is 3.37. The van der Waals surface area contributed by atoms with Crippen LogP contribution in [-0.4, -0.2) is 37.9 Å². The van der Waals surface area contributed by atoms with E-state index in [0.29, 0.717) is 0 Å². The van der Waals surface area contributed by atoms with Crippen LogP contribution < -0.4 is 9.73 Å². The number of hydrogen-bond acceptors (Lipinski definition) is 4. The molecule has 0 aliphatic rings. The number of nitrogens with one attached hydrogen (secondary N) is 1. The van der Waals surface area contributed by atoms with E-state index in [4.69, 9.17) is 0 Å². The minimum Gasteiger partial charge on any atom is -0.318 e. The SMILES string of the molecule is Cc1cc(/C=N\NC(=O)CN(c2cccc(F)c2)S(C)(=O)=O)c(C)n1-c1cccc(Br)c1. The van der Waals surface area contributed by atoms with Gasteiger partial charge in [0, 0.05) is 27.1 Å². The number of rotatable bonds is 7. The first-order valence-electron chi connectivity index (χ1n) is 9.56. The fraction of sp³-hybridized carbons (Fsp3) is 0.182. The van der Waals surface area contributed by atoms with Gasteiger partial charge in [0.05, 0.1) is 18.2 Å². The molecule has 0 aliphatic carbocycles. The molecular formula is C22H22BrFN4O3S. The van der Waals surface area contributed by atoms with Gasteiger partial charge in [0.1, 0.15) is 12.4 Å². The number of halogens is 2. The standard InChI is InChI=1S/C22H22BrFN4O3S/c1-15-10-17(16(2)28(15)21-9-4-6-18(23)11-21)13-25-26-22(29)14-27(32(3,30)31)20-8-5-7-19(24)12-20/h4-13H,14H2,1-3H3,(H,26,29)/b25-13-. The first-order valence-corrected chi connectivity index (χ1v) is 12.2. The zero-order valence-electron chi connectivity index (χ0n) is 17.7. The van der Waals surface area contributed by atoms with Gasteiger partial charge in [0.2, 0.25) is 10.0 Å². The third-order valence-corrected chi connectivity index (χ3v) is 6.35. The summed E-state index contributed by atoms with van der Waals surface area (Å²) in [5.41, 5.74) is 6.09. The number of carbonyl (C=O) groups is 1. The van der Waals surface area contributed by atoms with Crippen LogP contribution in [0.1, 0.15) is 17.0 Å². The van der Waals surface area contributed by atoms with E-state index in [0.717, 1.165) is 43.7 Å². The maximum atomic E-state index is 13.5. The normalized spacial score (nSPS) is 11.7. The minimum absolute atomic E-state index is 0.0594. The first kappa shape index (κ1) is 23.7. The second kappa shape index (κ2) is 9.66. The molecule has 0 saturated heterocycles. The van der Waals surface area contributed by atoms with Crippen LogP contribution in [0.15, 0.2) is 64.2 Å². The van der Waals surface area contributed by atoms with Crippen LogP contribution in [-0.2, 0) is 14.8 Å². The second-order valence-electron chi connectivity index (χ2n) is 7.18. The maximum Gasteiger partial charge on any atom is 0.260 e. The van der Waals surface area contributed by atoms with Crippen molar-refractivity contribution in [3.8, 4) is 5.69 Å². The van der Waals surface area contributed by atoms with E-state index in [1.54, 1.807) is 0 Å². The van der Waals surface area contributed by atoms with Crippen molar-refractivity contribution in [3.05, 3.63) is 81.8 Å². The number of anilines is 1. The molecule has 1 amide bonds. The number of amides is 1. The average molecular weight is 521 g/mol. The summed E-state index contributed by atoms with van der Waals surface area (Å²) >= 11 is 3.47. The van der Waals surface area contributed by atoms with E-state index in [-0.39, 0.29) is 5.69 Å². The minimum atomic E-state index is -3.80. The Balaban J connectivity index is 1.74. The van der Waals surface area contributed by atoms with Crippen molar-refractivity contribution in [2.45, 2.75) is 13.8 Å². The van der Waals surface area contributed by atoms with Gasteiger partial charge in [-0.3, -0.25) is 9.10 Å². The third-order valence-electron chi connectivity index (χ3n) is 4.71. The van der Waals surface area contributed by atoms with Crippen molar-refractivity contribution < 1.29 is 17.6 Å². The molecule has 0 aliphatic heterocycles. The highest BCUT2D eigenvalue weighted by atomic mass is 79.9. The van der Waals surface area contributed by atoms with Crippen LogP contribution in [0.2, 0.25) is 0 Å². The number of benzene rings is 2. The third kappa shape index (κ3) is 5.63. The Morgan fingerprint density at radius 1 is 1.19 bits per heavy atom. The molecule has 1 N–H and O–H groups in total. The quantitative estimate of drug-likeness (QED) is 0.378. The van der Waals surface area contributed by atoms with E-state index >= 15 is 0 Å². The van der Waals surface area contributed by atoms with Crippen molar-refractivity contribution in [1.82, 2.24) is 9.99 Å². The highest BCUT2D eigenvalue weighted by Gasteiger charge is 2.21. The van der Waals surface area contributed by atoms with Crippen LogP contribution in [0.3, 0.4) is 0 Å². The van der Waals surface area contributed by atoms with Crippen molar-refractivity contribution >= 4 is 43.8 Å². The number of hydrazone groups is 1. The van der Waals surface area contributed by atoms with Crippen LogP contribution in [0.25, 0.3) is 5.69 Å². The van der Waals surface area contributed by atoms with Crippen LogP contribution >= 0.6 is 15.9 Å². The highest BCUT2D eigenvalue weighted by Crippen LogP contribution is 2.22. The predicted molar refractivity (Wildman–Crippen MR) is 127 cm³/mol. The molecule has 32 heavy (non-hydrogen) atoms. The molecule has 0 spiro atoms. The summed E-state index contributed by atoms with van der Waals surface area (Å²) in [6.07, 6.45) is 2.45. The molecule has 0 unspecified atom stereocenters. The van der Waals surface area contributed by atoms with E-state index in [1.165, 1.54) is 24.4 Å². The molecule has 168 valence electrons. The number of hydrogen-bond donors (Lipinski definition) is 1. The molecule has 0 atom stereocenters. The van der Waals surface area contributed by atoms with Gasteiger partial charge in [0.25, 0.3) is 5.91 Å². The Kier molecular flexibility index (Phi) is 7.15. The lowest BCUT2D eigenvalue weighted by Gasteiger charge is -2.21. The summed E-state index contributed by atoms with van der Waals surface area (Å²) in [7, 11) is -3.80. The van der Waals surface area contributed by atoms with Gasteiger partial charge in [-0.2, -0.15) is 5.10 Å². The van der Waals surface area contributed by atoms with Crippen molar-refractivity contribution in [1.29, 1.82) is 0 Å². The van der Waals surface area contributed by atoms with Gasteiger partial charge in [0.15, 0.2) is 0 Å². The zero-order chi connectivity index (χ0) is 23.5. The molecule has 10 heteroatoms. The van der Waals surface area contributed by atoms with E-state index in [2.05, 4.69) is 31.0 Å². The van der Waals surface area contributed by atoms with Crippen molar-refractivity contribution in [2.75, 3.05) is 17.1 Å². The fourth-order valence-electron chi connectivity index (χ4n) is 3.30. The summed E-state index contributed by atoms with van der Waals surface area (Å²) in [5, 5.41) is 3.97. The number of aryl methyl sites for hydroxylation is 1. The summed E-state index contributed by atoms with van der Waals surface area (Å²) in [6, 6.07) is 14.8. The van der Waals surface area contributed by atoms with Crippen molar-refractivity contribution in [3.63, 3.8) is 0 Å². The lowest BCUT2D eigenvalue weighted by atomic mass is 10.2. The molecule has 3 aromatic rings. The topological polar surface area (TPSA) is 83.8 Å². The molecule has 0 saturated carbocycles. The number of carbonyl (C=O) groups excluding carboxylic acids is 1. The van der Waals surface area contributed by atoms with Gasteiger partial charge in [-0.25, -0.2) is 18.2 Å². The summed E-state index contributed by atoms with van der Waals surface area (Å²) in [5.74, 6) is -1.26. The Labute approximate surface area is 194 Å². The van der Waals surface area contributed by atoms with Crippen LogP contribution in [0.5, 0.6) is 0 Å². The lowest BCUT2D eigenvalue weighted by molar-refractivity contribution is -0.119. The average Bonchev–Trinajstić information content (AvgIpc) is 2.98. The number of nitrogens with zero attached hydrogens (tertiary/aromatic N) is 3. The molecule has 0 bridgehead atoms. The molecule has 2 aromatic carbocycles. The van der Waals surface area contributed by atoms with E-state index in [1.807, 2.05) is 44.2 Å². The van der Waals surface area contributed by atoms with Gasteiger partial charge in [-0.05, 0) is 56.3 Å². The molecule has 0 fully saturated rings. The second-order valence-corrected chi connectivity index (χ2v) is 10.0. The van der Waals surface area contributed by atoms with E-state index in [9.17, 15) is 17.6 Å². The monoisotopic (exact) mass is 520 g/mol. The molecular weight excluding hydrogens is 499 g/mol. The number of aromatic nitrogens is 1. The molecule has 1 aromatic heterocycles. The fourth-order valence-corrected chi connectivity index (χ4v) is 4.54. The largest absolute Gasteiger partial charge is 0.318 e. The van der Waals surface area contributed by atoms with Gasteiger partial charge in [-0.15, -0.1) is 0 Å². The Bertz CT molecular complexity index is 1290. The Hall–Kier alpha value is -2.98. The predicted octanol–water partition coefficient (Wildman–Crippen LogP) is 3.91. The van der Waals surface area contributed by atoms with Gasteiger partial charge < -0.3 is 4.57 Å². The highest BCUT2D eigenvalue weighted by molar-refractivity contribution is 9.10. The maximum absolute atomic E-state index is 13.5. The Morgan fingerprint density at radius 2 is 1.91 bits per heavy atom. The number of sulfonamides is 1. The molecule has 1 heterocycles. The molecule has 0 radical (unpaired) electrons. The summed E-state index contributed by atoms with van der Waals surface area (Å²) < 4.78 is 41.5. The van der Waals surface area contributed by atoms with Crippen LogP contribution in [0.4, 0.5) is 10.1 Å².